The third-order valence-electron chi connectivity index (χ3n) is 2.43. The Hall–Kier alpha value is -1.51. The molecule has 0 atom stereocenters. The first-order valence-electron chi connectivity index (χ1n) is 5.68. The van der Waals surface area contributed by atoms with E-state index in [0.29, 0.717) is 6.42 Å². The molecule has 0 spiro atoms. The van der Waals surface area contributed by atoms with Crippen LogP contribution >= 0.6 is 0 Å². The van der Waals surface area contributed by atoms with Crippen LogP contribution in [0.1, 0.15) is 26.7 Å². The number of para-hydroxylation sites is 2. The standard InChI is InChI=1S/C13H19NO2/c1-4-10-14(13(15)5-2)11-8-6-7-9-12(11)16-3/h6-9H,4-5,10H2,1-3H3. The zero-order valence-corrected chi connectivity index (χ0v) is 10.2. The van der Waals surface area contributed by atoms with Gasteiger partial charge >= 0.3 is 0 Å². The molecule has 16 heavy (non-hydrogen) atoms. The highest BCUT2D eigenvalue weighted by molar-refractivity contribution is 5.94. The predicted octanol–water partition coefficient (Wildman–Crippen LogP) is 2.85. The molecule has 0 fully saturated rings. The first-order chi connectivity index (χ1) is 7.74. The lowest BCUT2D eigenvalue weighted by Crippen LogP contribution is -2.31. The minimum atomic E-state index is 0.131. The quantitative estimate of drug-likeness (QED) is 0.765. The van der Waals surface area contributed by atoms with Crippen molar-refractivity contribution in [1.29, 1.82) is 0 Å². The maximum absolute atomic E-state index is 11.8. The molecule has 0 saturated carbocycles. The molecule has 3 nitrogen and oxygen atoms in total. The van der Waals surface area contributed by atoms with Crippen LogP contribution in [-0.2, 0) is 4.79 Å². The van der Waals surface area contributed by atoms with Crippen LogP contribution in [0.3, 0.4) is 0 Å². The summed E-state index contributed by atoms with van der Waals surface area (Å²) in [5.41, 5.74) is 0.860. The lowest BCUT2D eigenvalue weighted by atomic mass is 10.2. The van der Waals surface area contributed by atoms with Crippen molar-refractivity contribution in [3.05, 3.63) is 24.3 Å². The van der Waals surface area contributed by atoms with Gasteiger partial charge in [0.2, 0.25) is 5.91 Å². The van der Waals surface area contributed by atoms with Crippen LogP contribution in [-0.4, -0.2) is 19.6 Å². The Balaban J connectivity index is 3.04. The predicted molar refractivity (Wildman–Crippen MR) is 65.9 cm³/mol. The minimum absolute atomic E-state index is 0.131. The van der Waals surface area contributed by atoms with E-state index in [-0.39, 0.29) is 5.91 Å². The normalized spacial score (nSPS) is 9.94. The third kappa shape index (κ3) is 2.75. The Labute approximate surface area is 97.0 Å². The molecule has 3 heteroatoms. The average Bonchev–Trinajstić information content (AvgIpc) is 2.35. The second-order valence-electron chi connectivity index (χ2n) is 3.57. The Bertz CT molecular complexity index is 350. The SMILES string of the molecule is CCCN(C(=O)CC)c1ccccc1OC. The number of hydrogen-bond acceptors (Lipinski definition) is 2. The topological polar surface area (TPSA) is 29.5 Å². The molecular formula is C13H19NO2. The first kappa shape index (κ1) is 12.6. The molecule has 0 bridgehead atoms. The summed E-state index contributed by atoms with van der Waals surface area (Å²) in [6.45, 7) is 4.67. The van der Waals surface area contributed by atoms with Crippen LogP contribution in [0.5, 0.6) is 5.75 Å². The fraction of sp³-hybridized carbons (Fsp3) is 0.462. The van der Waals surface area contributed by atoms with Gasteiger partial charge in [-0.25, -0.2) is 0 Å². The molecule has 1 aromatic carbocycles. The van der Waals surface area contributed by atoms with Gasteiger partial charge in [0.1, 0.15) is 5.75 Å². The number of hydrogen-bond donors (Lipinski definition) is 0. The smallest absolute Gasteiger partial charge is 0.226 e. The molecule has 0 aromatic heterocycles. The van der Waals surface area contributed by atoms with Gasteiger partial charge in [0.15, 0.2) is 0 Å². The van der Waals surface area contributed by atoms with Gasteiger partial charge in [-0.1, -0.05) is 26.0 Å². The molecule has 0 aliphatic rings. The van der Waals surface area contributed by atoms with Crippen molar-refractivity contribution < 1.29 is 9.53 Å². The molecule has 88 valence electrons. The number of amides is 1. The van der Waals surface area contributed by atoms with Gasteiger partial charge in [-0.2, -0.15) is 0 Å². The van der Waals surface area contributed by atoms with E-state index in [2.05, 4.69) is 6.92 Å². The number of anilines is 1. The number of methoxy groups -OCH3 is 1. The highest BCUT2D eigenvalue weighted by Gasteiger charge is 2.16. The van der Waals surface area contributed by atoms with Crippen LogP contribution in [0.15, 0.2) is 24.3 Å². The minimum Gasteiger partial charge on any atom is -0.495 e. The van der Waals surface area contributed by atoms with E-state index in [4.69, 9.17) is 4.74 Å². The van der Waals surface area contributed by atoms with E-state index in [0.717, 1.165) is 24.4 Å². The van der Waals surface area contributed by atoms with E-state index in [9.17, 15) is 4.79 Å². The van der Waals surface area contributed by atoms with Crippen molar-refractivity contribution in [3.63, 3.8) is 0 Å². The van der Waals surface area contributed by atoms with Gasteiger partial charge in [-0.15, -0.1) is 0 Å². The molecule has 0 saturated heterocycles. The molecule has 0 unspecified atom stereocenters. The molecule has 0 aliphatic carbocycles. The van der Waals surface area contributed by atoms with Crippen molar-refractivity contribution in [3.8, 4) is 5.75 Å². The third-order valence-corrected chi connectivity index (χ3v) is 2.43. The number of benzene rings is 1. The van der Waals surface area contributed by atoms with E-state index in [1.54, 1.807) is 12.0 Å². The van der Waals surface area contributed by atoms with Crippen LogP contribution in [0.2, 0.25) is 0 Å². The van der Waals surface area contributed by atoms with Crippen molar-refractivity contribution in [2.24, 2.45) is 0 Å². The Morgan fingerprint density at radius 2 is 2.00 bits per heavy atom. The molecule has 1 aromatic rings. The van der Waals surface area contributed by atoms with Crippen LogP contribution in [0.4, 0.5) is 5.69 Å². The van der Waals surface area contributed by atoms with Crippen LogP contribution < -0.4 is 9.64 Å². The van der Waals surface area contributed by atoms with Gasteiger partial charge in [0.05, 0.1) is 12.8 Å². The maximum Gasteiger partial charge on any atom is 0.226 e. The molecule has 1 amide bonds. The van der Waals surface area contributed by atoms with Crippen LogP contribution in [0.25, 0.3) is 0 Å². The number of carbonyl (C=O) groups excluding carboxylic acids is 1. The fourth-order valence-electron chi connectivity index (χ4n) is 1.65. The van der Waals surface area contributed by atoms with Crippen molar-refractivity contribution in [1.82, 2.24) is 0 Å². The lowest BCUT2D eigenvalue weighted by molar-refractivity contribution is -0.118. The highest BCUT2D eigenvalue weighted by atomic mass is 16.5. The summed E-state index contributed by atoms with van der Waals surface area (Å²) in [6.07, 6.45) is 1.45. The Kier molecular flexibility index (Phi) is 4.83. The van der Waals surface area contributed by atoms with E-state index in [1.165, 1.54) is 0 Å². The molecule has 0 radical (unpaired) electrons. The second-order valence-corrected chi connectivity index (χ2v) is 3.57. The lowest BCUT2D eigenvalue weighted by Gasteiger charge is -2.23. The summed E-state index contributed by atoms with van der Waals surface area (Å²) in [4.78, 5) is 13.6. The van der Waals surface area contributed by atoms with Gasteiger partial charge in [-0.3, -0.25) is 4.79 Å². The van der Waals surface area contributed by atoms with Gasteiger partial charge in [0, 0.05) is 13.0 Å². The number of carbonyl (C=O) groups is 1. The summed E-state index contributed by atoms with van der Waals surface area (Å²) >= 11 is 0. The summed E-state index contributed by atoms with van der Waals surface area (Å²) in [5, 5.41) is 0. The zero-order chi connectivity index (χ0) is 12.0. The van der Waals surface area contributed by atoms with Crippen molar-refractivity contribution in [2.45, 2.75) is 26.7 Å². The average molecular weight is 221 g/mol. The van der Waals surface area contributed by atoms with Crippen molar-refractivity contribution in [2.75, 3.05) is 18.6 Å². The molecule has 0 aliphatic heterocycles. The fourth-order valence-corrected chi connectivity index (χ4v) is 1.65. The Morgan fingerprint density at radius 3 is 2.56 bits per heavy atom. The number of ether oxygens (including phenoxy) is 1. The zero-order valence-electron chi connectivity index (χ0n) is 10.2. The van der Waals surface area contributed by atoms with Gasteiger partial charge in [-0.05, 0) is 18.6 Å². The summed E-state index contributed by atoms with van der Waals surface area (Å²) in [5.74, 6) is 0.879. The molecule has 0 N–H and O–H groups in total. The maximum atomic E-state index is 11.8. The molecule has 1 rings (SSSR count). The van der Waals surface area contributed by atoms with Gasteiger partial charge in [0.25, 0.3) is 0 Å². The van der Waals surface area contributed by atoms with E-state index < -0.39 is 0 Å². The monoisotopic (exact) mass is 221 g/mol. The van der Waals surface area contributed by atoms with E-state index >= 15 is 0 Å². The molecular weight excluding hydrogens is 202 g/mol. The van der Waals surface area contributed by atoms with Gasteiger partial charge < -0.3 is 9.64 Å². The summed E-state index contributed by atoms with van der Waals surface area (Å²) in [6, 6.07) is 7.62. The van der Waals surface area contributed by atoms with Crippen LogP contribution in [0, 0.1) is 0 Å². The highest BCUT2D eigenvalue weighted by Crippen LogP contribution is 2.28. The number of rotatable bonds is 5. The Morgan fingerprint density at radius 1 is 1.31 bits per heavy atom. The number of nitrogens with zero attached hydrogens (tertiary/aromatic N) is 1. The van der Waals surface area contributed by atoms with E-state index in [1.807, 2.05) is 31.2 Å². The summed E-state index contributed by atoms with van der Waals surface area (Å²) < 4.78 is 5.27. The summed E-state index contributed by atoms with van der Waals surface area (Å²) in [7, 11) is 1.62. The van der Waals surface area contributed by atoms with Crippen molar-refractivity contribution >= 4 is 11.6 Å². The first-order valence-corrected chi connectivity index (χ1v) is 5.68. The molecule has 0 heterocycles. The second kappa shape index (κ2) is 6.16. The largest absolute Gasteiger partial charge is 0.495 e.